The first-order valence-corrected chi connectivity index (χ1v) is 6.91. The van der Waals surface area contributed by atoms with Gasteiger partial charge in [-0.2, -0.15) is 0 Å². The molecule has 1 atom stereocenters. The van der Waals surface area contributed by atoms with E-state index in [4.69, 9.17) is 9.47 Å². The molecule has 0 heterocycles. The van der Waals surface area contributed by atoms with Gasteiger partial charge >= 0.3 is 11.9 Å². The van der Waals surface area contributed by atoms with E-state index in [2.05, 4.69) is 6.58 Å². The summed E-state index contributed by atoms with van der Waals surface area (Å²) in [7, 11) is 2.50. The summed E-state index contributed by atoms with van der Waals surface area (Å²) in [5.74, 6) is -1.16. The molecule has 0 N–H and O–H groups in total. The topological polar surface area (TPSA) is 69.7 Å². The van der Waals surface area contributed by atoms with Gasteiger partial charge in [0.2, 0.25) is 0 Å². The summed E-state index contributed by atoms with van der Waals surface area (Å²) >= 11 is 0. The molecule has 2 aliphatic rings. The number of ketones is 1. The maximum Gasteiger partial charge on any atom is 0.323 e. The Bertz CT molecular complexity index is 541. The van der Waals surface area contributed by atoms with Crippen LogP contribution >= 0.6 is 0 Å². The van der Waals surface area contributed by atoms with E-state index in [1.165, 1.54) is 14.2 Å². The third-order valence-corrected chi connectivity index (χ3v) is 4.91. The standard InChI is InChI=1S/C16H20O5/c1-5-15-7-6-12(17)10(2)11(15)8-16(9-15,13(18)20-3)14(19)21-4/h5H,1,6-9H2,2-4H3. The predicted molar refractivity (Wildman–Crippen MR) is 75.3 cm³/mol. The van der Waals surface area contributed by atoms with Crippen molar-refractivity contribution in [2.24, 2.45) is 10.8 Å². The van der Waals surface area contributed by atoms with Crippen molar-refractivity contribution in [3.05, 3.63) is 23.8 Å². The van der Waals surface area contributed by atoms with Crippen LogP contribution in [-0.2, 0) is 23.9 Å². The van der Waals surface area contributed by atoms with Crippen LogP contribution in [-0.4, -0.2) is 31.9 Å². The average molecular weight is 292 g/mol. The van der Waals surface area contributed by atoms with Crippen molar-refractivity contribution in [2.45, 2.75) is 32.6 Å². The molecule has 0 aromatic heterocycles. The molecule has 0 aromatic carbocycles. The molecule has 114 valence electrons. The van der Waals surface area contributed by atoms with E-state index < -0.39 is 22.8 Å². The lowest BCUT2D eigenvalue weighted by Crippen LogP contribution is -2.40. The summed E-state index contributed by atoms with van der Waals surface area (Å²) < 4.78 is 9.67. The van der Waals surface area contributed by atoms with E-state index in [0.717, 1.165) is 5.57 Å². The van der Waals surface area contributed by atoms with E-state index in [-0.39, 0.29) is 18.6 Å². The number of hydrogen-bond donors (Lipinski definition) is 0. The Labute approximate surface area is 124 Å². The SMILES string of the molecule is C=CC12CCC(=O)C(C)=C1CC(C(=O)OC)(C(=O)OC)C2. The van der Waals surface area contributed by atoms with Gasteiger partial charge in [-0.05, 0) is 31.8 Å². The number of Topliss-reactive ketones (excluding diaryl/α,β-unsaturated/α-hetero) is 1. The normalized spacial score (nSPS) is 27.1. The van der Waals surface area contributed by atoms with Gasteiger partial charge in [0.05, 0.1) is 14.2 Å². The van der Waals surface area contributed by atoms with E-state index in [1.807, 2.05) is 0 Å². The van der Waals surface area contributed by atoms with E-state index >= 15 is 0 Å². The van der Waals surface area contributed by atoms with Gasteiger partial charge in [-0.15, -0.1) is 6.58 Å². The molecule has 2 rings (SSSR count). The highest BCUT2D eigenvalue weighted by molar-refractivity contribution is 6.03. The van der Waals surface area contributed by atoms with Gasteiger partial charge in [-0.3, -0.25) is 14.4 Å². The second-order valence-corrected chi connectivity index (χ2v) is 5.81. The largest absolute Gasteiger partial charge is 0.468 e. The molecule has 5 heteroatoms. The van der Waals surface area contributed by atoms with Crippen LogP contribution in [0, 0.1) is 10.8 Å². The Morgan fingerprint density at radius 2 is 1.81 bits per heavy atom. The average Bonchev–Trinajstić information content (AvgIpc) is 2.87. The maximum absolute atomic E-state index is 12.3. The predicted octanol–water partition coefficient (Wildman–Crippen LogP) is 1.96. The Morgan fingerprint density at radius 3 is 2.29 bits per heavy atom. The summed E-state index contributed by atoms with van der Waals surface area (Å²) in [6, 6.07) is 0. The summed E-state index contributed by atoms with van der Waals surface area (Å²) in [5.41, 5.74) is -0.417. The molecule has 21 heavy (non-hydrogen) atoms. The highest BCUT2D eigenvalue weighted by Crippen LogP contribution is 2.59. The Kier molecular flexibility index (Phi) is 3.78. The molecule has 1 unspecified atom stereocenters. The molecule has 0 aromatic rings. The molecule has 5 nitrogen and oxygen atoms in total. The monoisotopic (exact) mass is 292 g/mol. The molecule has 2 aliphatic carbocycles. The number of rotatable bonds is 3. The Hall–Kier alpha value is -1.91. The van der Waals surface area contributed by atoms with Gasteiger partial charge in [0.15, 0.2) is 11.2 Å². The van der Waals surface area contributed by atoms with Crippen LogP contribution in [0.2, 0.25) is 0 Å². The molecule has 0 aliphatic heterocycles. The molecule has 0 saturated heterocycles. The van der Waals surface area contributed by atoms with Crippen LogP contribution < -0.4 is 0 Å². The molecule has 1 fully saturated rings. The molecule has 0 amide bonds. The quantitative estimate of drug-likeness (QED) is 0.452. The van der Waals surface area contributed by atoms with Crippen LogP contribution in [0.25, 0.3) is 0 Å². The third-order valence-electron chi connectivity index (χ3n) is 4.91. The fourth-order valence-electron chi connectivity index (χ4n) is 3.68. The Morgan fingerprint density at radius 1 is 1.24 bits per heavy atom. The number of ether oxygens (including phenoxy) is 2. The first-order valence-electron chi connectivity index (χ1n) is 6.91. The van der Waals surface area contributed by atoms with Gasteiger partial charge in [0, 0.05) is 11.8 Å². The van der Waals surface area contributed by atoms with Crippen molar-refractivity contribution in [3.8, 4) is 0 Å². The molecule has 1 saturated carbocycles. The van der Waals surface area contributed by atoms with Crippen molar-refractivity contribution in [1.29, 1.82) is 0 Å². The minimum Gasteiger partial charge on any atom is -0.468 e. The van der Waals surface area contributed by atoms with Gasteiger partial charge in [-0.1, -0.05) is 11.6 Å². The smallest absolute Gasteiger partial charge is 0.323 e. The number of allylic oxidation sites excluding steroid dienone is 3. The van der Waals surface area contributed by atoms with Crippen LogP contribution in [0.4, 0.5) is 0 Å². The van der Waals surface area contributed by atoms with Crippen LogP contribution in [0.3, 0.4) is 0 Å². The molecule has 0 radical (unpaired) electrons. The molecular weight excluding hydrogens is 272 g/mol. The van der Waals surface area contributed by atoms with Gasteiger partial charge in [0.25, 0.3) is 0 Å². The third kappa shape index (κ3) is 2.03. The van der Waals surface area contributed by atoms with Gasteiger partial charge in [0.1, 0.15) is 0 Å². The lowest BCUT2D eigenvalue weighted by Gasteiger charge is -2.32. The van der Waals surface area contributed by atoms with Crippen molar-refractivity contribution < 1.29 is 23.9 Å². The minimum atomic E-state index is -1.38. The van der Waals surface area contributed by atoms with Crippen LogP contribution in [0.15, 0.2) is 23.8 Å². The zero-order valence-electron chi connectivity index (χ0n) is 12.7. The second-order valence-electron chi connectivity index (χ2n) is 5.81. The van der Waals surface area contributed by atoms with Gasteiger partial charge in [-0.25, -0.2) is 0 Å². The number of hydrogen-bond acceptors (Lipinski definition) is 5. The Balaban J connectivity index is 2.61. The summed E-state index contributed by atoms with van der Waals surface area (Å²) in [4.78, 5) is 36.5. The number of methoxy groups -OCH3 is 2. The zero-order chi connectivity index (χ0) is 15.8. The van der Waals surface area contributed by atoms with E-state index in [0.29, 0.717) is 18.4 Å². The minimum absolute atomic E-state index is 0.0630. The first-order chi connectivity index (χ1) is 9.86. The fraction of sp³-hybridized carbons (Fsp3) is 0.562. The summed E-state index contributed by atoms with van der Waals surface area (Å²) in [6.07, 6.45) is 3.14. The van der Waals surface area contributed by atoms with Crippen LogP contribution in [0.1, 0.15) is 32.6 Å². The lowest BCUT2D eigenvalue weighted by atomic mass is 9.70. The zero-order valence-corrected chi connectivity index (χ0v) is 12.7. The van der Waals surface area contributed by atoms with Crippen molar-refractivity contribution in [1.82, 2.24) is 0 Å². The van der Waals surface area contributed by atoms with Crippen molar-refractivity contribution in [3.63, 3.8) is 0 Å². The van der Waals surface area contributed by atoms with Crippen LogP contribution in [0.5, 0.6) is 0 Å². The fourth-order valence-corrected chi connectivity index (χ4v) is 3.68. The number of carbonyl (C=O) groups is 3. The molecule has 0 bridgehead atoms. The maximum atomic E-state index is 12.3. The van der Waals surface area contributed by atoms with Gasteiger partial charge < -0.3 is 9.47 Å². The summed E-state index contributed by atoms with van der Waals surface area (Å²) in [5, 5.41) is 0. The first kappa shape index (κ1) is 15.5. The van der Waals surface area contributed by atoms with E-state index in [1.54, 1.807) is 13.0 Å². The van der Waals surface area contributed by atoms with Crippen molar-refractivity contribution in [2.75, 3.05) is 14.2 Å². The second kappa shape index (κ2) is 5.13. The highest BCUT2D eigenvalue weighted by Gasteiger charge is 2.61. The number of fused-ring (bicyclic) bond motifs is 1. The number of carbonyl (C=O) groups excluding carboxylic acids is 3. The molecular formula is C16H20O5. The lowest BCUT2D eigenvalue weighted by molar-refractivity contribution is -0.169. The molecule has 0 spiro atoms. The van der Waals surface area contributed by atoms with E-state index in [9.17, 15) is 14.4 Å². The van der Waals surface area contributed by atoms with Crippen molar-refractivity contribution >= 4 is 17.7 Å². The number of esters is 2. The summed E-state index contributed by atoms with van der Waals surface area (Å²) in [6.45, 7) is 5.61. The highest BCUT2D eigenvalue weighted by atomic mass is 16.5.